The maximum absolute atomic E-state index is 12.7. The zero-order valence-electron chi connectivity index (χ0n) is 12.5. The van der Waals surface area contributed by atoms with Gasteiger partial charge in [0, 0.05) is 25.1 Å². The van der Waals surface area contributed by atoms with Gasteiger partial charge in [-0.25, -0.2) is 0 Å². The summed E-state index contributed by atoms with van der Waals surface area (Å²) in [5, 5.41) is 8.72. The molecule has 0 aromatic heterocycles. The van der Waals surface area contributed by atoms with Crippen LogP contribution < -0.4 is 0 Å². The monoisotopic (exact) mass is 329 g/mol. The maximum Gasteiger partial charge on any atom is 0.416 e. The van der Waals surface area contributed by atoms with Crippen LogP contribution in [0.5, 0.6) is 0 Å². The zero-order valence-corrected chi connectivity index (χ0v) is 12.5. The van der Waals surface area contributed by atoms with Gasteiger partial charge in [0.2, 0.25) is 0 Å². The van der Waals surface area contributed by atoms with Gasteiger partial charge in [0.1, 0.15) is 0 Å². The molecule has 0 spiro atoms. The fraction of sp³-hybridized carbons (Fsp3) is 0.500. The van der Waals surface area contributed by atoms with Crippen molar-refractivity contribution in [3.63, 3.8) is 0 Å². The van der Waals surface area contributed by atoms with E-state index in [1.54, 1.807) is 0 Å². The van der Waals surface area contributed by atoms with E-state index in [0.29, 0.717) is 19.5 Å². The van der Waals surface area contributed by atoms with Gasteiger partial charge in [0.05, 0.1) is 5.56 Å². The van der Waals surface area contributed by atoms with E-state index in [4.69, 9.17) is 5.11 Å². The zero-order chi connectivity index (χ0) is 17.0. The second kappa shape index (κ2) is 7.02. The van der Waals surface area contributed by atoms with Gasteiger partial charge in [-0.05, 0) is 43.4 Å². The Morgan fingerprint density at radius 1 is 1.30 bits per heavy atom. The second-order valence-corrected chi connectivity index (χ2v) is 5.77. The summed E-state index contributed by atoms with van der Waals surface area (Å²) >= 11 is 0. The van der Waals surface area contributed by atoms with Crippen molar-refractivity contribution in [3.8, 4) is 0 Å². The molecule has 126 valence electrons. The van der Waals surface area contributed by atoms with Gasteiger partial charge in [0.15, 0.2) is 0 Å². The molecule has 1 aromatic rings. The summed E-state index contributed by atoms with van der Waals surface area (Å²) in [6.45, 7) is 0.876. The molecule has 1 unspecified atom stereocenters. The van der Waals surface area contributed by atoms with Gasteiger partial charge < -0.3 is 10.0 Å². The quantitative estimate of drug-likeness (QED) is 0.921. The molecule has 1 heterocycles. The predicted molar refractivity (Wildman–Crippen MR) is 76.9 cm³/mol. The first kappa shape index (κ1) is 17.3. The molecule has 0 saturated carbocycles. The number of carbonyl (C=O) groups is 2. The number of rotatable bonds is 4. The Labute approximate surface area is 131 Å². The average Bonchev–Trinajstić information content (AvgIpc) is 2.52. The predicted octanol–water partition coefficient (Wildman–Crippen LogP) is 3.42. The van der Waals surface area contributed by atoms with Gasteiger partial charge in [-0.15, -0.1) is 0 Å². The molecule has 1 saturated heterocycles. The van der Waals surface area contributed by atoms with Crippen molar-refractivity contribution >= 4 is 11.9 Å². The first-order valence-electron chi connectivity index (χ1n) is 7.45. The Bertz CT molecular complexity index is 586. The highest BCUT2D eigenvalue weighted by molar-refractivity contribution is 5.94. The number of hydrogen-bond acceptors (Lipinski definition) is 2. The number of carboxylic acids is 1. The number of nitrogens with zero attached hydrogens (tertiary/aromatic N) is 1. The lowest BCUT2D eigenvalue weighted by Gasteiger charge is -2.32. The molecule has 1 amide bonds. The normalized spacial score (nSPS) is 18.7. The lowest BCUT2D eigenvalue weighted by atomic mass is 9.93. The molecule has 1 aliphatic heterocycles. The maximum atomic E-state index is 12.7. The number of benzene rings is 1. The number of carbonyl (C=O) groups excluding carboxylic acids is 1. The molecule has 0 radical (unpaired) electrons. The smallest absolute Gasteiger partial charge is 0.416 e. The molecule has 1 atom stereocenters. The standard InChI is InChI=1S/C16H18F3NO3/c17-16(18,19)13-5-1-4-12(9-13)15(23)20-8-2-3-11(10-20)6-7-14(21)22/h1,4-5,9,11H,2-3,6-8,10H2,(H,21,22). The van der Waals surface area contributed by atoms with E-state index in [9.17, 15) is 22.8 Å². The van der Waals surface area contributed by atoms with Crippen LogP contribution in [0.25, 0.3) is 0 Å². The van der Waals surface area contributed by atoms with Gasteiger partial charge in [-0.3, -0.25) is 9.59 Å². The minimum Gasteiger partial charge on any atom is -0.481 e. The number of likely N-dealkylation sites (tertiary alicyclic amines) is 1. The van der Waals surface area contributed by atoms with E-state index in [0.717, 1.165) is 25.0 Å². The van der Waals surface area contributed by atoms with Crippen LogP contribution in [-0.4, -0.2) is 35.0 Å². The van der Waals surface area contributed by atoms with Gasteiger partial charge in [-0.2, -0.15) is 13.2 Å². The minimum absolute atomic E-state index is 0.0127. The summed E-state index contributed by atoms with van der Waals surface area (Å²) in [6.07, 6.45) is -2.41. The fourth-order valence-electron chi connectivity index (χ4n) is 2.82. The van der Waals surface area contributed by atoms with Crippen LogP contribution in [-0.2, 0) is 11.0 Å². The van der Waals surface area contributed by atoms with E-state index in [1.807, 2.05) is 0 Å². The van der Waals surface area contributed by atoms with E-state index in [1.165, 1.54) is 17.0 Å². The van der Waals surface area contributed by atoms with E-state index in [2.05, 4.69) is 0 Å². The Hall–Kier alpha value is -2.05. The Morgan fingerprint density at radius 2 is 2.04 bits per heavy atom. The summed E-state index contributed by atoms with van der Waals surface area (Å²) in [7, 11) is 0. The summed E-state index contributed by atoms with van der Waals surface area (Å²) < 4.78 is 38.2. The molecule has 1 fully saturated rings. The van der Waals surface area contributed by atoms with Gasteiger partial charge >= 0.3 is 12.1 Å². The number of aliphatic carboxylic acids is 1. The first-order valence-corrected chi connectivity index (χ1v) is 7.45. The molecule has 1 N–H and O–H groups in total. The minimum atomic E-state index is -4.48. The van der Waals surface area contributed by atoms with Crippen LogP contribution in [0.2, 0.25) is 0 Å². The van der Waals surface area contributed by atoms with Crippen molar-refractivity contribution in [1.29, 1.82) is 0 Å². The van der Waals surface area contributed by atoms with Crippen molar-refractivity contribution in [2.24, 2.45) is 5.92 Å². The topological polar surface area (TPSA) is 57.6 Å². The third-order valence-corrected chi connectivity index (χ3v) is 4.01. The first-order chi connectivity index (χ1) is 10.8. The molecule has 1 aliphatic rings. The van der Waals surface area contributed by atoms with Crippen molar-refractivity contribution < 1.29 is 27.9 Å². The van der Waals surface area contributed by atoms with Crippen LogP contribution in [0, 0.1) is 5.92 Å². The van der Waals surface area contributed by atoms with Crippen molar-refractivity contribution in [2.45, 2.75) is 31.9 Å². The highest BCUT2D eigenvalue weighted by Crippen LogP contribution is 2.30. The number of amides is 1. The number of alkyl halides is 3. The highest BCUT2D eigenvalue weighted by Gasteiger charge is 2.32. The molecular formula is C16H18F3NO3. The summed E-state index contributed by atoms with van der Waals surface area (Å²) in [5.41, 5.74) is -0.832. The van der Waals surface area contributed by atoms with Crippen molar-refractivity contribution in [1.82, 2.24) is 4.90 Å². The highest BCUT2D eigenvalue weighted by atomic mass is 19.4. The lowest BCUT2D eigenvalue weighted by molar-refractivity contribution is -0.138. The molecule has 0 aliphatic carbocycles. The molecule has 0 bridgehead atoms. The summed E-state index contributed by atoms with van der Waals surface area (Å²) in [5.74, 6) is -1.24. The van der Waals surface area contributed by atoms with Crippen molar-refractivity contribution in [2.75, 3.05) is 13.1 Å². The number of halogens is 3. The average molecular weight is 329 g/mol. The Kier molecular flexibility index (Phi) is 5.28. The van der Waals surface area contributed by atoms with Crippen molar-refractivity contribution in [3.05, 3.63) is 35.4 Å². The van der Waals surface area contributed by atoms with Gasteiger partial charge in [0.25, 0.3) is 5.91 Å². The van der Waals surface area contributed by atoms with Crippen LogP contribution >= 0.6 is 0 Å². The molecule has 4 nitrogen and oxygen atoms in total. The largest absolute Gasteiger partial charge is 0.481 e. The van der Waals surface area contributed by atoms with E-state index < -0.39 is 23.6 Å². The third-order valence-electron chi connectivity index (χ3n) is 4.01. The van der Waals surface area contributed by atoms with E-state index in [-0.39, 0.29) is 17.9 Å². The van der Waals surface area contributed by atoms with Crippen LogP contribution in [0.4, 0.5) is 13.2 Å². The Morgan fingerprint density at radius 3 is 2.70 bits per heavy atom. The summed E-state index contributed by atoms with van der Waals surface area (Å²) in [6, 6.07) is 4.40. The Balaban J connectivity index is 2.06. The van der Waals surface area contributed by atoms with Gasteiger partial charge in [-0.1, -0.05) is 6.07 Å². The summed E-state index contributed by atoms with van der Waals surface area (Å²) in [4.78, 5) is 24.5. The molecule has 23 heavy (non-hydrogen) atoms. The van der Waals surface area contributed by atoms with E-state index >= 15 is 0 Å². The van der Waals surface area contributed by atoms with Crippen LogP contribution in [0.15, 0.2) is 24.3 Å². The third kappa shape index (κ3) is 4.71. The van der Waals surface area contributed by atoms with Crippen LogP contribution in [0.3, 0.4) is 0 Å². The van der Waals surface area contributed by atoms with Crippen LogP contribution in [0.1, 0.15) is 41.6 Å². The second-order valence-electron chi connectivity index (χ2n) is 5.77. The number of carboxylic acid groups (broad SMARTS) is 1. The molecular weight excluding hydrogens is 311 g/mol. The lowest BCUT2D eigenvalue weighted by Crippen LogP contribution is -2.40. The number of hydrogen-bond donors (Lipinski definition) is 1. The molecule has 2 rings (SSSR count). The molecule has 1 aromatic carbocycles. The SMILES string of the molecule is O=C(O)CCC1CCCN(C(=O)c2cccc(C(F)(F)F)c2)C1. The molecule has 7 heteroatoms. The fourth-order valence-corrected chi connectivity index (χ4v) is 2.82. The number of piperidine rings is 1.